The molecule has 34 heavy (non-hydrogen) atoms. The molecular weight excluding hydrogens is 408 g/mol. The van der Waals surface area contributed by atoms with Gasteiger partial charge >= 0.3 is 0 Å². The van der Waals surface area contributed by atoms with E-state index in [0.717, 1.165) is 6.42 Å². The summed E-state index contributed by atoms with van der Waals surface area (Å²) in [6.07, 6.45) is 1.12. The largest absolute Gasteiger partial charge is 0.0648 e. The lowest BCUT2D eigenvalue weighted by Gasteiger charge is -2.17. The van der Waals surface area contributed by atoms with Crippen LogP contribution in [0.15, 0.2) is 127 Å². The maximum Gasteiger partial charge on any atom is -0.00992 e. The zero-order chi connectivity index (χ0) is 23.3. The third kappa shape index (κ3) is 4.58. The molecule has 0 heterocycles. The summed E-state index contributed by atoms with van der Waals surface area (Å²) < 4.78 is 0. The van der Waals surface area contributed by atoms with Crippen molar-refractivity contribution in [2.75, 3.05) is 0 Å². The third-order valence-electron chi connectivity index (χ3n) is 6.77. The van der Waals surface area contributed by atoms with Crippen LogP contribution in [0, 0.1) is 0 Å². The molecule has 0 amide bonds. The number of hydrogen-bond acceptors (Lipinski definition) is 0. The third-order valence-corrected chi connectivity index (χ3v) is 6.77. The molecule has 0 saturated heterocycles. The molecule has 0 spiro atoms. The molecular formula is C34H30. The second-order valence-corrected chi connectivity index (χ2v) is 9.01. The monoisotopic (exact) mass is 438 g/mol. The molecule has 0 aliphatic heterocycles. The molecule has 0 radical (unpaired) electrons. The molecule has 0 nitrogen and oxygen atoms in total. The lowest BCUT2D eigenvalue weighted by atomic mass is 9.88. The predicted molar refractivity (Wildman–Crippen MR) is 147 cm³/mol. The van der Waals surface area contributed by atoms with Gasteiger partial charge in [0.15, 0.2) is 0 Å². The second-order valence-electron chi connectivity index (χ2n) is 9.01. The Bertz CT molecular complexity index is 1370. The molecule has 0 aliphatic carbocycles. The van der Waals surface area contributed by atoms with Crippen LogP contribution >= 0.6 is 0 Å². The van der Waals surface area contributed by atoms with Gasteiger partial charge in [-0.3, -0.25) is 0 Å². The van der Waals surface area contributed by atoms with Crippen molar-refractivity contribution in [3.63, 3.8) is 0 Å². The summed E-state index contributed by atoms with van der Waals surface area (Å²) >= 11 is 0. The summed E-state index contributed by atoms with van der Waals surface area (Å²) in [7, 11) is 0. The first-order chi connectivity index (χ1) is 16.7. The molecule has 0 fully saturated rings. The van der Waals surface area contributed by atoms with Crippen LogP contribution in [0.5, 0.6) is 0 Å². The smallest absolute Gasteiger partial charge is 0.00992 e. The van der Waals surface area contributed by atoms with Gasteiger partial charge in [0.05, 0.1) is 0 Å². The Kier molecular flexibility index (Phi) is 6.40. The molecule has 166 valence electrons. The zero-order valence-corrected chi connectivity index (χ0v) is 19.9. The van der Waals surface area contributed by atoms with Gasteiger partial charge in [-0.05, 0) is 74.5 Å². The summed E-state index contributed by atoms with van der Waals surface area (Å²) in [6, 6.07) is 46.1. The van der Waals surface area contributed by atoms with Crippen molar-refractivity contribution in [2.24, 2.45) is 0 Å². The first-order valence-corrected chi connectivity index (χ1v) is 12.2. The molecule has 1 atom stereocenters. The van der Waals surface area contributed by atoms with Crippen LogP contribution < -0.4 is 0 Å². The minimum Gasteiger partial charge on any atom is -0.0648 e. The normalized spacial score (nSPS) is 11.8. The lowest BCUT2D eigenvalue weighted by Crippen LogP contribution is -1.94. The summed E-state index contributed by atoms with van der Waals surface area (Å²) in [5.41, 5.74) is 11.5. The highest BCUT2D eigenvalue weighted by molar-refractivity contribution is 5.87. The minimum absolute atomic E-state index is 0.514. The molecule has 0 heteroatoms. The summed E-state index contributed by atoms with van der Waals surface area (Å²) in [4.78, 5) is 0. The van der Waals surface area contributed by atoms with Gasteiger partial charge < -0.3 is 0 Å². The van der Waals surface area contributed by atoms with E-state index in [1.807, 2.05) is 0 Å². The first-order valence-electron chi connectivity index (χ1n) is 12.2. The molecule has 0 aliphatic rings. The standard InChI is InChI=1S/C34H30/c1-3-25(2)30-21-31(26-13-7-4-8-14-26)23-32(22-30)29-19-20-33(27-15-9-5-10-16-27)34(24-29)28-17-11-6-12-18-28/h4-25H,3H2,1-2H3. The lowest BCUT2D eigenvalue weighted by molar-refractivity contribution is 0.734. The molecule has 0 N–H and O–H groups in total. The average Bonchev–Trinajstić information content (AvgIpc) is 2.93. The summed E-state index contributed by atoms with van der Waals surface area (Å²) in [6.45, 7) is 4.59. The Hall–Kier alpha value is -3.90. The Labute approximate surface area is 203 Å². The van der Waals surface area contributed by atoms with Crippen molar-refractivity contribution in [3.8, 4) is 44.5 Å². The molecule has 0 aromatic heterocycles. The minimum atomic E-state index is 0.514. The fourth-order valence-corrected chi connectivity index (χ4v) is 4.59. The maximum atomic E-state index is 2.38. The number of hydrogen-bond donors (Lipinski definition) is 0. The molecule has 5 rings (SSSR count). The predicted octanol–water partition coefficient (Wildman–Crippen LogP) is 9.87. The topological polar surface area (TPSA) is 0 Å². The van der Waals surface area contributed by atoms with E-state index in [2.05, 4.69) is 141 Å². The van der Waals surface area contributed by atoms with Crippen molar-refractivity contribution >= 4 is 0 Å². The fourth-order valence-electron chi connectivity index (χ4n) is 4.59. The van der Waals surface area contributed by atoms with Gasteiger partial charge in [0.1, 0.15) is 0 Å². The molecule has 5 aromatic rings. The van der Waals surface area contributed by atoms with E-state index in [0.29, 0.717) is 5.92 Å². The number of rotatable bonds is 6. The van der Waals surface area contributed by atoms with E-state index >= 15 is 0 Å². The van der Waals surface area contributed by atoms with Gasteiger partial charge in [-0.2, -0.15) is 0 Å². The van der Waals surface area contributed by atoms with Gasteiger partial charge in [-0.1, -0.05) is 129 Å². The van der Waals surface area contributed by atoms with Crippen LogP contribution in [-0.2, 0) is 0 Å². The van der Waals surface area contributed by atoms with Gasteiger partial charge in [0, 0.05) is 0 Å². The van der Waals surface area contributed by atoms with Crippen molar-refractivity contribution in [2.45, 2.75) is 26.2 Å². The second kappa shape index (κ2) is 9.93. The van der Waals surface area contributed by atoms with E-state index in [1.165, 1.54) is 50.1 Å². The van der Waals surface area contributed by atoms with Crippen molar-refractivity contribution in [3.05, 3.63) is 133 Å². The highest BCUT2D eigenvalue weighted by Crippen LogP contribution is 2.38. The molecule has 5 aromatic carbocycles. The van der Waals surface area contributed by atoms with Crippen LogP contribution in [0.3, 0.4) is 0 Å². The van der Waals surface area contributed by atoms with E-state index < -0.39 is 0 Å². The van der Waals surface area contributed by atoms with Crippen molar-refractivity contribution in [1.82, 2.24) is 0 Å². The fraction of sp³-hybridized carbons (Fsp3) is 0.118. The van der Waals surface area contributed by atoms with Crippen molar-refractivity contribution < 1.29 is 0 Å². The van der Waals surface area contributed by atoms with Gasteiger partial charge in [-0.25, -0.2) is 0 Å². The first kappa shape index (κ1) is 21.9. The maximum absolute atomic E-state index is 2.38. The van der Waals surface area contributed by atoms with Crippen LogP contribution in [0.1, 0.15) is 31.7 Å². The molecule has 0 bridgehead atoms. The molecule has 0 saturated carbocycles. The van der Waals surface area contributed by atoms with E-state index in [-0.39, 0.29) is 0 Å². The van der Waals surface area contributed by atoms with Gasteiger partial charge in [0.25, 0.3) is 0 Å². The number of benzene rings is 5. The van der Waals surface area contributed by atoms with Gasteiger partial charge in [-0.15, -0.1) is 0 Å². The Morgan fingerprint density at radius 2 is 0.941 bits per heavy atom. The zero-order valence-electron chi connectivity index (χ0n) is 19.9. The summed E-state index contributed by atoms with van der Waals surface area (Å²) in [5, 5.41) is 0. The van der Waals surface area contributed by atoms with Crippen molar-refractivity contribution in [1.29, 1.82) is 0 Å². The summed E-state index contributed by atoms with van der Waals surface area (Å²) in [5.74, 6) is 0.514. The Morgan fingerprint density at radius 3 is 1.50 bits per heavy atom. The quantitative estimate of drug-likeness (QED) is 0.247. The Balaban J connectivity index is 1.69. The van der Waals surface area contributed by atoms with E-state index in [9.17, 15) is 0 Å². The molecule has 1 unspecified atom stereocenters. The van der Waals surface area contributed by atoms with Crippen LogP contribution in [0.2, 0.25) is 0 Å². The van der Waals surface area contributed by atoms with E-state index in [4.69, 9.17) is 0 Å². The Morgan fingerprint density at radius 1 is 0.441 bits per heavy atom. The highest BCUT2D eigenvalue weighted by atomic mass is 14.2. The van der Waals surface area contributed by atoms with E-state index in [1.54, 1.807) is 0 Å². The van der Waals surface area contributed by atoms with Gasteiger partial charge in [0.2, 0.25) is 0 Å². The average molecular weight is 439 g/mol. The van der Waals surface area contributed by atoms with Crippen LogP contribution in [-0.4, -0.2) is 0 Å². The highest BCUT2D eigenvalue weighted by Gasteiger charge is 2.13. The van der Waals surface area contributed by atoms with Crippen LogP contribution in [0.4, 0.5) is 0 Å². The SMILES string of the molecule is CCC(C)c1cc(-c2ccccc2)cc(-c2ccc(-c3ccccc3)c(-c3ccccc3)c2)c1. The van der Waals surface area contributed by atoms with Crippen LogP contribution in [0.25, 0.3) is 44.5 Å².